The van der Waals surface area contributed by atoms with Crippen molar-refractivity contribution >= 4 is 18.3 Å². The number of nitrogens with two attached hydrogens (primary N) is 1. The zero-order chi connectivity index (χ0) is 15.6. The van der Waals surface area contributed by atoms with E-state index in [2.05, 4.69) is 26.0 Å². The minimum atomic E-state index is 0. The molecule has 1 aromatic rings. The summed E-state index contributed by atoms with van der Waals surface area (Å²) in [5.74, 6) is 0.876. The molecule has 0 aromatic heterocycles. The van der Waals surface area contributed by atoms with Gasteiger partial charge in [-0.1, -0.05) is 24.6 Å². The molecule has 1 aliphatic rings. The van der Waals surface area contributed by atoms with Gasteiger partial charge in [0.25, 0.3) is 5.91 Å². The lowest BCUT2D eigenvalue weighted by Gasteiger charge is -2.23. The van der Waals surface area contributed by atoms with E-state index < -0.39 is 0 Å². The Bertz CT molecular complexity index is 524. The Labute approximate surface area is 139 Å². The average Bonchev–Trinajstić information content (AvgIpc) is 2.81. The predicted octanol–water partition coefficient (Wildman–Crippen LogP) is 2.61. The van der Waals surface area contributed by atoms with E-state index in [4.69, 9.17) is 10.5 Å². The maximum Gasteiger partial charge on any atom is 0.260 e. The first-order chi connectivity index (χ1) is 9.84. The molecule has 1 unspecified atom stereocenters. The molecule has 1 amide bonds. The van der Waals surface area contributed by atoms with Crippen LogP contribution in [0, 0.1) is 26.2 Å². The second-order valence-electron chi connectivity index (χ2n) is 6.60. The van der Waals surface area contributed by atoms with Crippen LogP contribution in [-0.4, -0.2) is 37.0 Å². The molecule has 2 N–H and O–H groups in total. The van der Waals surface area contributed by atoms with Crippen LogP contribution in [0.2, 0.25) is 0 Å². The number of amides is 1. The van der Waals surface area contributed by atoms with Crippen LogP contribution in [-0.2, 0) is 4.79 Å². The van der Waals surface area contributed by atoms with Crippen molar-refractivity contribution in [2.24, 2.45) is 11.1 Å². The van der Waals surface area contributed by atoms with Crippen LogP contribution in [0.15, 0.2) is 12.1 Å². The Morgan fingerprint density at radius 2 is 1.91 bits per heavy atom. The van der Waals surface area contributed by atoms with E-state index in [0.29, 0.717) is 6.54 Å². The van der Waals surface area contributed by atoms with E-state index in [1.165, 1.54) is 5.56 Å². The molecule has 2 rings (SSSR count). The zero-order valence-electron chi connectivity index (χ0n) is 13.9. The van der Waals surface area contributed by atoms with Gasteiger partial charge < -0.3 is 15.4 Å². The van der Waals surface area contributed by atoms with Crippen LogP contribution < -0.4 is 10.5 Å². The summed E-state index contributed by atoms with van der Waals surface area (Å²) in [6, 6.07) is 4.16. The first kappa shape index (κ1) is 18.8. The number of benzene rings is 1. The molecule has 1 aliphatic heterocycles. The summed E-state index contributed by atoms with van der Waals surface area (Å²) in [5, 5.41) is 0. The summed E-state index contributed by atoms with van der Waals surface area (Å²) in [6.07, 6.45) is 0.970. The molecule has 5 heteroatoms. The molecule has 0 saturated carbocycles. The second kappa shape index (κ2) is 7.34. The van der Waals surface area contributed by atoms with E-state index >= 15 is 0 Å². The van der Waals surface area contributed by atoms with Gasteiger partial charge in [0.15, 0.2) is 6.61 Å². The first-order valence-electron chi connectivity index (χ1n) is 7.53. The van der Waals surface area contributed by atoms with E-state index in [-0.39, 0.29) is 30.3 Å². The number of carbonyl (C=O) groups is 1. The Hall–Kier alpha value is -1.26. The Morgan fingerprint density at radius 3 is 2.41 bits per heavy atom. The number of hydrogen-bond donors (Lipinski definition) is 1. The number of hydrogen-bond acceptors (Lipinski definition) is 3. The number of ether oxygens (including phenoxy) is 1. The molecule has 1 fully saturated rings. The molecule has 0 bridgehead atoms. The quantitative estimate of drug-likeness (QED) is 0.925. The van der Waals surface area contributed by atoms with Gasteiger partial charge in [0.2, 0.25) is 0 Å². The summed E-state index contributed by atoms with van der Waals surface area (Å²) >= 11 is 0. The fraction of sp³-hybridized carbons (Fsp3) is 0.588. The number of nitrogens with zero attached hydrogens (tertiary/aromatic N) is 1. The topological polar surface area (TPSA) is 55.6 Å². The third-order valence-electron chi connectivity index (χ3n) is 4.35. The molecular formula is C17H27ClN2O2. The van der Waals surface area contributed by atoms with Gasteiger partial charge in [-0.25, -0.2) is 0 Å². The monoisotopic (exact) mass is 326 g/mol. The Kier molecular flexibility index (Phi) is 6.27. The fourth-order valence-corrected chi connectivity index (χ4v) is 3.02. The lowest BCUT2D eigenvalue weighted by Crippen LogP contribution is -2.37. The van der Waals surface area contributed by atoms with Crippen LogP contribution >= 0.6 is 12.4 Å². The normalized spacial score (nSPS) is 20.7. The standard InChI is InChI=1S/C17H26N2O2.ClH/c1-12-7-13(2)16(14(3)8-12)21-9-15(20)19-6-5-17(4,10-18)11-19;/h7-8H,5-6,9-11,18H2,1-4H3;1H. The fourth-order valence-electron chi connectivity index (χ4n) is 3.02. The van der Waals surface area contributed by atoms with Crippen molar-refractivity contribution in [2.45, 2.75) is 34.1 Å². The summed E-state index contributed by atoms with van der Waals surface area (Å²) in [5.41, 5.74) is 9.21. The number of halogens is 1. The molecule has 0 spiro atoms. The van der Waals surface area contributed by atoms with Crippen LogP contribution in [0.25, 0.3) is 0 Å². The summed E-state index contributed by atoms with van der Waals surface area (Å²) in [4.78, 5) is 14.1. The third-order valence-corrected chi connectivity index (χ3v) is 4.35. The van der Waals surface area contributed by atoms with Gasteiger partial charge in [0.1, 0.15) is 5.75 Å². The lowest BCUT2D eigenvalue weighted by molar-refractivity contribution is -0.132. The molecule has 0 aliphatic carbocycles. The molecule has 1 aromatic carbocycles. The highest BCUT2D eigenvalue weighted by Gasteiger charge is 2.34. The highest BCUT2D eigenvalue weighted by atomic mass is 35.5. The zero-order valence-corrected chi connectivity index (χ0v) is 14.8. The van der Waals surface area contributed by atoms with Crippen molar-refractivity contribution in [1.29, 1.82) is 0 Å². The highest BCUT2D eigenvalue weighted by Crippen LogP contribution is 2.29. The van der Waals surface area contributed by atoms with Gasteiger partial charge in [-0.2, -0.15) is 0 Å². The smallest absolute Gasteiger partial charge is 0.260 e. The largest absolute Gasteiger partial charge is 0.483 e. The molecule has 22 heavy (non-hydrogen) atoms. The summed E-state index contributed by atoms with van der Waals surface area (Å²) < 4.78 is 5.78. The second-order valence-corrected chi connectivity index (χ2v) is 6.60. The van der Waals surface area contributed by atoms with Gasteiger partial charge >= 0.3 is 0 Å². The molecule has 1 atom stereocenters. The summed E-state index contributed by atoms with van der Waals surface area (Å²) in [7, 11) is 0. The average molecular weight is 327 g/mol. The van der Waals surface area contributed by atoms with Crippen molar-refractivity contribution in [3.05, 3.63) is 28.8 Å². The van der Waals surface area contributed by atoms with Crippen LogP contribution in [0.3, 0.4) is 0 Å². The third kappa shape index (κ3) is 4.14. The SMILES string of the molecule is Cc1cc(C)c(OCC(=O)N2CCC(C)(CN)C2)c(C)c1.Cl. The summed E-state index contributed by atoms with van der Waals surface area (Å²) in [6.45, 7) is 10.5. The Morgan fingerprint density at radius 1 is 1.32 bits per heavy atom. The molecular weight excluding hydrogens is 300 g/mol. The predicted molar refractivity (Wildman–Crippen MR) is 91.8 cm³/mol. The van der Waals surface area contributed by atoms with Crippen LogP contribution in [0.5, 0.6) is 5.75 Å². The lowest BCUT2D eigenvalue weighted by atomic mass is 9.90. The number of aryl methyl sites for hydroxylation is 3. The number of rotatable bonds is 4. The van der Waals surface area contributed by atoms with Gasteiger partial charge in [-0.15, -0.1) is 12.4 Å². The Balaban J connectivity index is 0.00000242. The minimum absolute atomic E-state index is 0. The minimum Gasteiger partial charge on any atom is -0.483 e. The number of likely N-dealkylation sites (tertiary alicyclic amines) is 1. The van der Waals surface area contributed by atoms with Gasteiger partial charge in [0, 0.05) is 13.1 Å². The van der Waals surface area contributed by atoms with E-state index in [0.717, 1.165) is 36.4 Å². The van der Waals surface area contributed by atoms with Crippen molar-refractivity contribution < 1.29 is 9.53 Å². The molecule has 4 nitrogen and oxygen atoms in total. The van der Waals surface area contributed by atoms with Gasteiger partial charge in [0.05, 0.1) is 0 Å². The van der Waals surface area contributed by atoms with Crippen molar-refractivity contribution in [2.75, 3.05) is 26.2 Å². The van der Waals surface area contributed by atoms with Crippen LogP contribution in [0.4, 0.5) is 0 Å². The molecule has 124 valence electrons. The van der Waals surface area contributed by atoms with Crippen molar-refractivity contribution in [1.82, 2.24) is 4.90 Å². The van der Waals surface area contributed by atoms with Gasteiger partial charge in [-0.3, -0.25) is 4.79 Å². The van der Waals surface area contributed by atoms with Crippen molar-refractivity contribution in [3.63, 3.8) is 0 Å². The van der Waals surface area contributed by atoms with Gasteiger partial charge in [-0.05, 0) is 50.3 Å². The van der Waals surface area contributed by atoms with E-state index in [9.17, 15) is 4.79 Å². The maximum atomic E-state index is 12.3. The maximum absolute atomic E-state index is 12.3. The van der Waals surface area contributed by atoms with Crippen molar-refractivity contribution in [3.8, 4) is 5.75 Å². The number of carbonyl (C=O) groups excluding carboxylic acids is 1. The molecule has 1 heterocycles. The highest BCUT2D eigenvalue weighted by molar-refractivity contribution is 5.85. The first-order valence-corrected chi connectivity index (χ1v) is 7.53. The van der Waals surface area contributed by atoms with E-state index in [1.807, 2.05) is 18.7 Å². The van der Waals surface area contributed by atoms with E-state index in [1.54, 1.807) is 0 Å². The molecule has 0 radical (unpaired) electrons. The van der Waals surface area contributed by atoms with Crippen LogP contribution in [0.1, 0.15) is 30.0 Å². The molecule has 1 saturated heterocycles.